The van der Waals surface area contributed by atoms with Crippen molar-refractivity contribution in [1.82, 2.24) is 29.6 Å². The van der Waals surface area contributed by atoms with Crippen molar-refractivity contribution in [3.63, 3.8) is 0 Å². The van der Waals surface area contributed by atoms with E-state index in [1.54, 1.807) is 23.0 Å². The van der Waals surface area contributed by atoms with Crippen LogP contribution in [0.1, 0.15) is 19.5 Å². The van der Waals surface area contributed by atoms with Gasteiger partial charge in [0.15, 0.2) is 0 Å². The molecule has 0 saturated heterocycles. The fourth-order valence-electron chi connectivity index (χ4n) is 2.10. The molecule has 0 radical (unpaired) electrons. The maximum atomic E-state index is 12.1. The summed E-state index contributed by atoms with van der Waals surface area (Å²) in [6.45, 7) is 4.96. The van der Waals surface area contributed by atoms with Crippen LogP contribution in [0.4, 0.5) is 0 Å². The highest BCUT2D eigenvalue weighted by atomic mass is 35.5. The molecule has 0 bridgehead atoms. The summed E-state index contributed by atoms with van der Waals surface area (Å²) < 4.78 is 3.20. The molecular formula is C14H15ClN6OS. The first-order valence-electron chi connectivity index (χ1n) is 7.10. The molecule has 0 saturated carbocycles. The Labute approximate surface area is 141 Å². The average Bonchev–Trinajstić information content (AvgIpc) is 2.92. The van der Waals surface area contributed by atoms with Crippen molar-refractivity contribution in [2.45, 2.75) is 31.3 Å². The molecule has 0 N–H and O–H groups in total. The van der Waals surface area contributed by atoms with Crippen LogP contribution in [0.25, 0.3) is 5.65 Å². The molecule has 0 atom stereocenters. The van der Waals surface area contributed by atoms with E-state index in [-0.39, 0.29) is 5.56 Å². The van der Waals surface area contributed by atoms with Crippen molar-refractivity contribution in [2.24, 2.45) is 5.92 Å². The Kier molecular flexibility index (Phi) is 4.63. The first kappa shape index (κ1) is 15.9. The lowest BCUT2D eigenvalue weighted by Crippen LogP contribution is -2.15. The molecule has 0 spiro atoms. The van der Waals surface area contributed by atoms with E-state index in [0.717, 1.165) is 11.7 Å². The molecule has 0 aromatic carbocycles. The average molecular weight is 351 g/mol. The van der Waals surface area contributed by atoms with Crippen molar-refractivity contribution in [3.8, 4) is 0 Å². The Hall–Kier alpha value is -1.93. The summed E-state index contributed by atoms with van der Waals surface area (Å²) in [6.07, 6.45) is 1.56. The third-order valence-electron chi connectivity index (χ3n) is 3.06. The fourth-order valence-corrected chi connectivity index (χ4v) is 3.04. The quantitative estimate of drug-likeness (QED) is 0.657. The Balaban J connectivity index is 1.81. The first-order chi connectivity index (χ1) is 11.0. The van der Waals surface area contributed by atoms with Gasteiger partial charge in [0.05, 0.1) is 10.7 Å². The zero-order valence-corrected chi connectivity index (χ0v) is 14.3. The highest BCUT2D eigenvalue weighted by molar-refractivity contribution is 7.98. The third-order valence-corrected chi connectivity index (χ3v) is 4.28. The molecule has 9 heteroatoms. The van der Waals surface area contributed by atoms with Crippen LogP contribution in [0.15, 0.2) is 34.3 Å². The summed E-state index contributed by atoms with van der Waals surface area (Å²) in [5.74, 6) is 0.971. The molecule has 120 valence electrons. The van der Waals surface area contributed by atoms with E-state index in [1.165, 1.54) is 22.2 Å². The van der Waals surface area contributed by atoms with E-state index in [4.69, 9.17) is 11.6 Å². The Morgan fingerprint density at radius 1 is 1.35 bits per heavy atom. The normalized spacial score (nSPS) is 11.5. The van der Waals surface area contributed by atoms with Gasteiger partial charge >= 0.3 is 0 Å². The van der Waals surface area contributed by atoms with Gasteiger partial charge in [-0.3, -0.25) is 9.20 Å². The molecule has 0 aliphatic rings. The second kappa shape index (κ2) is 6.67. The zero-order chi connectivity index (χ0) is 16.4. The summed E-state index contributed by atoms with van der Waals surface area (Å²) in [4.78, 5) is 16.6. The van der Waals surface area contributed by atoms with Crippen LogP contribution in [0.3, 0.4) is 0 Å². The lowest BCUT2D eigenvalue weighted by molar-refractivity contribution is 0.446. The van der Waals surface area contributed by atoms with Crippen LogP contribution in [-0.2, 0) is 12.3 Å². The number of pyridine rings is 1. The smallest absolute Gasteiger partial charge is 0.258 e. The molecule has 0 unspecified atom stereocenters. The minimum atomic E-state index is -0.158. The van der Waals surface area contributed by atoms with E-state index in [1.807, 2.05) is 0 Å². The predicted octanol–water partition coefficient (Wildman–Crippen LogP) is 2.28. The SMILES string of the molecule is CC(C)Cn1nnnc1SCc1cc(=O)n2cc(Cl)ccc2n1. The van der Waals surface area contributed by atoms with Crippen LogP contribution in [0.5, 0.6) is 0 Å². The van der Waals surface area contributed by atoms with Crippen molar-refractivity contribution < 1.29 is 0 Å². The number of nitrogens with zero attached hydrogens (tertiary/aromatic N) is 6. The number of fused-ring (bicyclic) bond motifs is 1. The topological polar surface area (TPSA) is 78.0 Å². The van der Waals surface area contributed by atoms with Gasteiger partial charge < -0.3 is 0 Å². The molecule has 0 amide bonds. The fraction of sp³-hybridized carbons (Fsp3) is 0.357. The predicted molar refractivity (Wildman–Crippen MR) is 88.7 cm³/mol. The largest absolute Gasteiger partial charge is 0.269 e. The number of hydrogen-bond acceptors (Lipinski definition) is 6. The van der Waals surface area contributed by atoms with E-state index in [2.05, 4.69) is 34.4 Å². The molecule has 3 aromatic heterocycles. The lowest BCUT2D eigenvalue weighted by Gasteiger charge is -2.07. The summed E-state index contributed by atoms with van der Waals surface area (Å²) in [6, 6.07) is 4.94. The molecule has 3 aromatic rings. The van der Waals surface area contributed by atoms with Crippen molar-refractivity contribution in [2.75, 3.05) is 0 Å². The van der Waals surface area contributed by atoms with Gasteiger partial charge in [0.1, 0.15) is 5.65 Å². The van der Waals surface area contributed by atoms with Gasteiger partial charge in [-0.05, 0) is 28.5 Å². The third kappa shape index (κ3) is 3.70. The Morgan fingerprint density at radius 3 is 2.96 bits per heavy atom. The van der Waals surface area contributed by atoms with Gasteiger partial charge in [0, 0.05) is 24.6 Å². The molecule has 0 aliphatic carbocycles. The van der Waals surface area contributed by atoms with Crippen molar-refractivity contribution in [3.05, 3.63) is 45.5 Å². The van der Waals surface area contributed by atoms with Gasteiger partial charge in [0.2, 0.25) is 5.16 Å². The monoisotopic (exact) mass is 350 g/mol. The standard InChI is InChI=1S/C14H15ClN6OS/c1-9(2)6-21-14(17-18-19-21)23-8-11-5-13(22)20-7-10(15)3-4-12(20)16-11/h3-5,7,9H,6,8H2,1-2H3. The van der Waals surface area contributed by atoms with Gasteiger partial charge in [-0.2, -0.15) is 0 Å². The van der Waals surface area contributed by atoms with Crippen molar-refractivity contribution in [1.29, 1.82) is 0 Å². The molecule has 0 aliphatic heterocycles. The molecule has 3 rings (SSSR count). The number of thioether (sulfide) groups is 1. The minimum Gasteiger partial charge on any atom is -0.269 e. The summed E-state index contributed by atoms with van der Waals surface area (Å²) in [5, 5.41) is 12.9. The first-order valence-corrected chi connectivity index (χ1v) is 8.46. The second-order valence-electron chi connectivity index (χ2n) is 5.49. The number of aromatic nitrogens is 6. The van der Waals surface area contributed by atoms with Gasteiger partial charge in [-0.25, -0.2) is 9.67 Å². The van der Waals surface area contributed by atoms with E-state index >= 15 is 0 Å². The van der Waals surface area contributed by atoms with Crippen LogP contribution in [0.2, 0.25) is 5.02 Å². The second-order valence-corrected chi connectivity index (χ2v) is 6.87. The van der Waals surface area contributed by atoms with Crippen LogP contribution < -0.4 is 5.56 Å². The maximum absolute atomic E-state index is 12.1. The lowest BCUT2D eigenvalue weighted by atomic mass is 10.2. The molecular weight excluding hydrogens is 336 g/mol. The van der Waals surface area contributed by atoms with Crippen LogP contribution in [0, 0.1) is 5.92 Å². The highest BCUT2D eigenvalue weighted by Gasteiger charge is 2.10. The number of halogens is 1. The van der Waals surface area contributed by atoms with E-state index in [0.29, 0.717) is 28.0 Å². The highest BCUT2D eigenvalue weighted by Crippen LogP contribution is 2.19. The van der Waals surface area contributed by atoms with Crippen LogP contribution in [-0.4, -0.2) is 29.6 Å². The summed E-state index contributed by atoms with van der Waals surface area (Å²) >= 11 is 7.36. The van der Waals surface area contributed by atoms with E-state index < -0.39 is 0 Å². The summed E-state index contributed by atoms with van der Waals surface area (Å²) in [5.41, 5.74) is 1.09. The zero-order valence-electron chi connectivity index (χ0n) is 12.7. The van der Waals surface area contributed by atoms with E-state index in [9.17, 15) is 4.79 Å². The van der Waals surface area contributed by atoms with Gasteiger partial charge in [0.25, 0.3) is 5.56 Å². The Bertz CT molecular complexity index is 890. The Morgan fingerprint density at radius 2 is 2.17 bits per heavy atom. The van der Waals surface area contributed by atoms with Crippen molar-refractivity contribution >= 4 is 29.0 Å². The maximum Gasteiger partial charge on any atom is 0.258 e. The van der Waals surface area contributed by atoms with Gasteiger partial charge in [-0.1, -0.05) is 37.2 Å². The van der Waals surface area contributed by atoms with Crippen LogP contribution >= 0.6 is 23.4 Å². The minimum absolute atomic E-state index is 0.158. The molecule has 23 heavy (non-hydrogen) atoms. The number of rotatable bonds is 5. The van der Waals surface area contributed by atoms with Gasteiger partial charge in [-0.15, -0.1) is 5.10 Å². The molecule has 7 nitrogen and oxygen atoms in total. The molecule has 0 fully saturated rings. The number of tetrazole rings is 1. The summed E-state index contributed by atoms with van der Waals surface area (Å²) in [7, 11) is 0. The number of hydrogen-bond donors (Lipinski definition) is 0. The molecule has 3 heterocycles.